The second-order valence-corrected chi connectivity index (χ2v) is 3.76. The lowest BCUT2D eigenvalue weighted by Crippen LogP contribution is -2.23. The van der Waals surface area contributed by atoms with Crippen LogP contribution in [-0.4, -0.2) is 19.3 Å². The molecule has 3 aromatic rings. The molecule has 0 saturated heterocycles. The van der Waals surface area contributed by atoms with E-state index in [1.165, 1.54) is 6.39 Å². The van der Waals surface area contributed by atoms with Crippen molar-refractivity contribution in [2.24, 2.45) is 7.05 Å². The van der Waals surface area contributed by atoms with E-state index >= 15 is 0 Å². The smallest absolute Gasteiger partial charge is 0.329 e. The van der Waals surface area contributed by atoms with Crippen LogP contribution in [0.4, 0.5) is 0 Å². The minimum absolute atomic E-state index is 0.0870. The summed E-state index contributed by atoms with van der Waals surface area (Å²) in [5.41, 5.74) is 1.67. The molecule has 0 bridgehead atoms. The van der Waals surface area contributed by atoms with Gasteiger partial charge in [0.1, 0.15) is 0 Å². The first-order valence-electron chi connectivity index (χ1n) is 5.17. The second kappa shape index (κ2) is 3.58. The summed E-state index contributed by atoms with van der Waals surface area (Å²) in [6.45, 7) is 0.316. The predicted molar refractivity (Wildman–Crippen MR) is 60.6 cm³/mol. The largest absolute Gasteiger partial charge is 0.343 e. The Morgan fingerprint density at radius 3 is 2.76 bits per heavy atom. The number of nitrogens with zero attached hydrogens (tertiary/aromatic N) is 4. The highest BCUT2D eigenvalue weighted by Crippen LogP contribution is 2.12. The maximum Gasteiger partial charge on any atom is 0.329 e. The molecule has 3 rings (SSSR count). The van der Waals surface area contributed by atoms with Crippen molar-refractivity contribution in [2.75, 3.05) is 0 Å². The first-order valence-corrected chi connectivity index (χ1v) is 5.17. The van der Waals surface area contributed by atoms with Crippen LogP contribution in [0.1, 0.15) is 5.82 Å². The Morgan fingerprint density at radius 1 is 1.29 bits per heavy atom. The van der Waals surface area contributed by atoms with Crippen molar-refractivity contribution in [3.63, 3.8) is 0 Å². The summed E-state index contributed by atoms with van der Waals surface area (Å²) in [5.74, 6) is 0.489. The molecule has 0 aliphatic heterocycles. The zero-order valence-corrected chi connectivity index (χ0v) is 9.20. The summed E-state index contributed by atoms with van der Waals surface area (Å²) in [6.07, 6.45) is 1.26. The van der Waals surface area contributed by atoms with Crippen LogP contribution >= 0.6 is 0 Å². The minimum atomic E-state index is -0.0870. The highest BCUT2D eigenvalue weighted by molar-refractivity contribution is 5.75. The van der Waals surface area contributed by atoms with Gasteiger partial charge in [0.25, 0.3) is 0 Å². The topological polar surface area (TPSA) is 65.8 Å². The van der Waals surface area contributed by atoms with E-state index in [4.69, 9.17) is 0 Å². The molecule has 2 heterocycles. The molecule has 0 aliphatic rings. The van der Waals surface area contributed by atoms with Crippen molar-refractivity contribution < 1.29 is 4.52 Å². The fourth-order valence-electron chi connectivity index (χ4n) is 1.92. The average molecular weight is 230 g/mol. The molecule has 17 heavy (non-hydrogen) atoms. The number of imidazole rings is 1. The Balaban J connectivity index is 2.22. The number of benzene rings is 1. The van der Waals surface area contributed by atoms with E-state index in [1.807, 2.05) is 24.3 Å². The first kappa shape index (κ1) is 9.83. The van der Waals surface area contributed by atoms with Gasteiger partial charge in [0.15, 0.2) is 5.82 Å². The number of hydrogen-bond donors (Lipinski definition) is 0. The molecule has 0 fully saturated rings. The number of aromatic nitrogens is 4. The van der Waals surface area contributed by atoms with Gasteiger partial charge in [-0.1, -0.05) is 17.3 Å². The summed E-state index contributed by atoms with van der Waals surface area (Å²) < 4.78 is 7.89. The van der Waals surface area contributed by atoms with Gasteiger partial charge < -0.3 is 4.52 Å². The van der Waals surface area contributed by atoms with Gasteiger partial charge >= 0.3 is 5.69 Å². The summed E-state index contributed by atoms with van der Waals surface area (Å²) in [6, 6.07) is 7.61. The van der Waals surface area contributed by atoms with Crippen molar-refractivity contribution in [2.45, 2.75) is 6.54 Å². The fourth-order valence-corrected chi connectivity index (χ4v) is 1.92. The maximum absolute atomic E-state index is 12.1. The van der Waals surface area contributed by atoms with Gasteiger partial charge in [-0.2, -0.15) is 4.98 Å². The Labute approximate surface area is 96.1 Å². The SMILES string of the molecule is Cn1c(=O)n(Cc2ncon2)c2ccccc21. The quantitative estimate of drug-likeness (QED) is 0.652. The van der Waals surface area contributed by atoms with Gasteiger partial charge in [-0.25, -0.2) is 4.79 Å². The lowest BCUT2D eigenvalue weighted by atomic mass is 10.3. The zero-order valence-electron chi connectivity index (χ0n) is 9.20. The van der Waals surface area contributed by atoms with Crippen LogP contribution in [0.25, 0.3) is 11.0 Å². The van der Waals surface area contributed by atoms with Crippen LogP contribution in [0.3, 0.4) is 0 Å². The molecule has 2 aromatic heterocycles. The first-order chi connectivity index (χ1) is 8.27. The Bertz CT molecular complexity index is 709. The summed E-state index contributed by atoms with van der Waals surface area (Å²) in [4.78, 5) is 16.0. The molecule has 6 nitrogen and oxygen atoms in total. The Kier molecular flexibility index (Phi) is 2.07. The molecule has 6 heteroatoms. The van der Waals surface area contributed by atoms with Crippen molar-refractivity contribution >= 4 is 11.0 Å². The van der Waals surface area contributed by atoms with Crippen LogP contribution < -0.4 is 5.69 Å². The molecule has 0 spiro atoms. The van der Waals surface area contributed by atoms with Gasteiger partial charge in [-0.05, 0) is 12.1 Å². The molecule has 0 atom stereocenters. The van der Waals surface area contributed by atoms with E-state index in [-0.39, 0.29) is 5.69 Å². The highest BCUT2D eigenvalue weighted by atomic mass is 16.5. The zero-order chi connectivity index (χ0) is 11.8. The second-order valence-electron chi connectivity index (χ2n) is 3.76. The third-order valence-electron chi connectivity index (χ3n) is 2.76. The van der Waals surface area contributed by atoms with Gasteiger partial charge in [0, 0.05) is 7.05 Å². The van der Waals surface area contributed by atoms with Crippen LogP contribution in [-0.2, 0) is 13.6 Å². The van der Waals surface area contributed by atoms with Crippen molar-refractivity contribution in [1.29, 1.82) is 0 Å². The van der Waals surface area contributed by atoms with Crippen LogP contribution in [0.5, 0.6) is 0 Å². The van der Waals surface area contributed by atoms with Gasteiger partial charge in [-0.15, -0.1) is 0 Å². The van der Waals surface area contributed by atoms with Crippen LogP contribution in [0.15, 0.2) is 40.0 Å². The summed E-state index contributed by atoms with van der Waals surface area (Å²) >= 11 is 0. The van der Waals surface area contributed by atoms with E-state index in [9.17, 15) is 4.79 Å². The van der Waals surface area contributed by atoms with Gasteiger partial charge in [0.2, 0.25) is 6.39 Å². The molecule has 0 aliphatic carbocycles. The van der Waals surface area contributed by atoms with E-state index < -0.39 is 0 Å². The molecule has 0 amide bonds. The molecule has 0 radical (unpaired) electrons. The van der Waals surface area contributed by atoms with Crippen LogP contribution in [0, 0.1) is 0 Å². The molecule has 0 saturated carbocycles. The maximum atomic E-state index is 12.1. The Hall–Kier alpha value is -2.37. The monoisotopic (exact) mass is 230 g/mol. The minimum Gasteiger partial charge on any atom is -0.343 e. The fraction of sp³-hybridized carbons (Fsp3) is 0.182. The lowest BCUT2D eigenvalue weighted by molar-refractivity contribution is 0.408. The third-order valence-corrected chi connectivity index (χ3v) is 2.76. The van der Waals surface area contributed by atoms with E-state index in [0.29, 0.717) is 12.4 Å². The Morgan fingerprint density at radius 2 is 2.06 bits per heavy atom. The standard InChI is InChI=1S/C11H10N4O2/c1-14-8-4-2-3-5-9(8)15(11(14)16)6-10-12-7-17-13-10/h2-5,7H,6H2,1H3. The van der Waals surface area contributed by atoms with E-state index in [0.717, 1.165) is 11.0 Å². The van der Waals surface area contributed by atoms with E-state index in [2.05, 4.69) is 14.7 Å². The number of para-hydroxylation sites is 2. The third kappa shape index (κ3) is 1.45. The molecular formula is C11H10N4O2. The molecule has 86 valence electrons. The normalized spacial score (nSPS) is 11.1. The average Bonchev–Trinajstić information content (AvgIpc) is 2.94. The lowest BCUT2D eigenvalue weighted by Gasteiger charge is -1.97. The number of hydrogen-bond acceptors (Lipinski definition) is 4. The van der Waals surface area contributed by atoms with Crippen molar-refractivity contribution in [3.05, 3.63) is 47.0 Å². The summed E-state index contributed by atoms with van der Waals surface area (Å²) in [7, 11) is 1.75. The predicted octanol–water partition coefficient (Wildman–Crippen LogP) is 0.771. The van der Waals surface area contributed by atoms with Gasteiger partial charge in [-0.3, -0.25) is 9.13 Å². The van der Waals surface area contributed by atoms with Crippen LogP contribution in [0.2, 0.25) is 0 Å². The molecule has 0 unspecified atom stereocenters. The number of rotatable bonds is 2. The molecule has 1 aromatic carbocycles. The van der Waals surface area contributed by atoms with Crippen molar-refractivity contribution in [3.8, 4) is 0 Å². The highest BCUT2D eigenvalue weighted by Gasteiger charge is 2.11. The number of fused-ring (bicyclic) bond motifs is 1. The molecular weight excluding hydrogens is 220 g/mol. The summed E-state index contributed by atoms with van der Waals surface area (Å²) in [5, 5.41) is 3.71. The molecule has 0 N–H and O–H groups in total. The van der Waals surface area contributed by atoms with Gasteiger partial charge in [0.05, 0.1) is 17.6 Å². The number of aryl methyl sites for hydroxylation is 1. The van der Waals surface area contributed by atoms with E-state index in [1.54, 1.807) is 16.2 Å². The van der Waals surface area contributed by atoms with Crippen molar-refractivity contribution in [1.82, 2.24) is 19.3 Å².